The van der Waals surface area contributed by atoms with Gasteiger partial charge in [-0.1, -0.05) is 34.7 Å². The normalized spacial score (nSPS) is 13.8. The van der Waals surface area contributed by atoms with Crippen molar-refractivity contribution >= 4 is 11.9 Å². The zero-order valence-corrected chi connectivity index (χ0v) is 36.4. The van der Waals surface area contributed by atoms with Crippen molar-refractivity contribution in [3.63, 3.8) is 0 Å². The van der Waals surface area contributed by atoms with Crippen LogP contribution in [-0.4, -0.2) is 87.7 Å². The number of nitrogens with zero attached hydrogens (tertiary/aromatic N) is 8. The number of amides is 1. The summed E-state index contributed by atoms with van der Waals surface area (Å²) in [6.07, 6.45) is -17.6. The lowest BCUT2D eigenvalue weighted by Crippen LogP contribution is -2.50. The SMILES string of the molecule is Cc1cc(C(F)(C(F)(F)F)C(F)(F)F)cc(C)c1-n1cc(-c2cnc(C)c(C(=O)NC3CC3)c2)nn1.Cc1cc(C(F)(C(F)(F)F)C(F)(F)F)cc(C)c1-n1cc(-c2cnc(C)c(C(=O)O)c2)nn1. The lowest BCUT2D eigenvalue weighted by atomic mass is 9.90. The van der Waals surface area contributed by atoms with Crippen molar-refractivity contribution in [1.82, 2.24) is 45.3 Å². The largest absolute Gasteiger partial charge is 0.478 e. The van der Waals surface area contributed by atoms with E-state index in [0.29, 0.717) is 41.1 Å². The van der Waals surface area contributed by atoms with Crippen molar-refractivity contribution in [1.29, 1.82) is 0 Å². The van der Waals surface area contributed by atoms with Gasteiger partial charge in [0.2, 0.25) is 0 Å². The second-order valence-corrected chi connectivity index (χ2v) is 16.1. The lowest BCUT2D eigenvalue weighted by Gasteiger charge is -2.31. The van der Waals surface area contributed by atoms with Gasteiger partial charge in [-0.05, 0) is 88.8 Å². The molecule has 0 spiro atoms. The van der Waals surface area contributed by atoms with Crippen LogP contribution in [0.15, 0.2) is 61.2 Å². The highest BCUT2D eigenvalue weighted by molar-refractivity contribution is 5.96. The summed E-state index contributed by atoms with van der Waals surface area (Å²) >= 11 is 0. The number of rotatable bonds is 9. The molecule has 2 aromatic carbocycles. The Morgan fingerprint density at radius 3 is 1.20 bits per heavy atom. The van der Waals surface area contributed by atoms with Crippen molar-refractivity contribution in [2.24, 2.45) is 0 Å². The Kier molecular flexibility index (Phi) is 13.3. The fourth-order valence-corrected chi connectivity index (χ4v) is 7.30. The summed E-state index contributed by atoms with van der Waals surface area (Å²) in [6.45, 7) is 8.06. The minimum Gasteiger partial charge on any atom is -0.478 e. The summed E-state index contributed by atoms with van der Waals surface area (Å²) in [7, 11) is 0. The van der Waals surface area contributed by atoms with Crippen LogP contribution in [0.25, 0.3) is 33.9 Å². The van der Waals surface area contributed by atoms with E-state index < -0.39 is 53.1 Å². The first-order chi connectivity index (χ1) is 31.7. The van der Waals surface area contributed by atoms with E-state index in [9.17, 15) is 76.2 Å². The van der Waals surface area contributed by atoms with Gasteiger partial charge in [0.15, 0.2) is 0 Å². The van der Waals surface area contributed by atoms with Gasteiger partial charge in [0.1, 0.15) is 11.4 Å². The Morgan fingerprint density at radius 2 is 0.884 bits per heavy atom. The molecule has 26 heteroatoms. The fraction of sp³-hybridized carbons (Fsp3) is 0.349. The number of alkyl halides is 14. The number of carboxylic acid groups (broad SMARTS) is 1. The molecule has 4 aromatic heterocycles. The molecule has 1 aliphatic carbocycles. The number of aromatic nitrogens is 8. The molecule has 4 heterocycles. The molecule has 12 nitrogen and oxygen atoms in total. The van der Waals surface area contributed by atoms with Gasteiger partial charge >= 0.3 is 42.0 Å². The number of carboxylic acids is 1. The number of hydrogen-bond donors (Lipinski definition) is 2. The first-order valence-corrected chi connectivity index (χ1v) is 19.9. The summed E-state index contributed by atoms with van der Waals surface area (Å²) < 4.78 is 189. The predicted octanol–water partition coefficient (Wildman–Crippen LogP) is 10.7. The predicted molar refractivity (Wildman–Crippen MR) is 215 cm³/mol. The zero-order valence-electron chi connectivity index (χ0n) is 36.4. The second-order valence-electron chi connectivity index (χ2n) is 16.1. The van der Waals surface area contributed by atoms with Crippen LogP contribution in [0.1, 0.15) is 78.3 Å². The number of carbonyl (C=O) groups excluding carboxylic acids is 1. The molecule has 69 heavy (non-hydrogen) atoms. The number of aromatic carboxylic acids is 1. The summed E-state index contributed by atoms with van der Waals surface area (Å²) in [4.78, 5) is 32.0. The average molecular weight is 992 g/mol. The number of nitrogens with one attached hydrogen (secondary N) is 1. The smallest absolute Gasteiger partial charge is 0.435 e. The van der Waals surface area contributed by atoms with Gasteiger partial charge in [0.25, 0.3) is 5.91 Å². The molecule has 0 unspecified atom stereocenters. The molecule has 368 valence electrons. The lowest BCUT2D eigenvalue weighted by molar-refractivity contribution is -0.349. The van der Waals surface area contributed by atoms with Gasteiger partial charge in [-0.2, -0.15) is 52.7 Å². The van der Waals surface area contributed by atoms with Crippen molar-refractivity contribution in [2.75, 3.05) is 0 Å². The minimum atomic E-state index is -6.23. The highest BCUT2D eigenvalue weighted by Crippen LogP contribution is 2.55. The molecule has 1 fully saturated rings. The molecular formula is C43H35F14N9O3. The summed E-state index contributed by atoms with van der Waals surface area (Å²) in [5.41, 5.74) is -12.3. The quantitative estimate of drug-likeness (QED) is 0.135. The maximum atomic E-state index is 14.6. The van der Waals surface area contributed by atoms with E-state index in [0.717, 1.165) is 22.2 Å². The average Bonchev–Trinajstić information content (AvgIpc) is 3.67. The van der Waals surface area contributed by atoms with E-state index in [2.05, 4.69) is 35.9 Å². The third-order valence-electron chi connectivity index (χ3n) is 10.9. The van der Waals surface area contributed by atoms with Crippen molar-refractivity contribution in [3.05, 3.63) is 117 Å². The van der Waals surface area contributed by atoms with E-state index >= 15 is 0 Å². The second kappa shape index (κ2) is 17.8. The first-order valence-electron chi connectivity index (χ1n) is 19.9. The maximum absolute atomic E-state index is 14.6. The Balaban J connectivity index is 0.000000228. The third-order valence-corrected chi connectivity index (χ3v) is 10.9. The number of carbonyl (C=O) groups is 2. The minimum absolute atomic E-state index is 0.0801. The standard InChI is InChI=1S/C23H20F7N5O.C20H15F7N4O2/c1-11-6-15(21(24,22(25,26)27)23(28,29)30)7-12(2)19(11)35-10-18(33-34-35)14-8-17(13(3)31-9-14)20(36)32-16-4-5-16;1-9-4-13(18(21,19(22,23)24)20(25,26)27)5-10(2)16(9)31-8-15(29-30-31)12-6-14(17(32)33)11(3)28-7-12/h6-10,16H,4-5H2,1-3H3,(H,32,36);4-8H,1-3H3,(H,32,33). The highest BCUT2D eigenvalue weighted by atomic mass is 19.4. The Morgan fingerprint density at radius 1 is 0.551 bits per heavy atom. The van der Waals surface area contributed by atoms with Gasteiger partial charge in [-0.3, -0.25) is 14.8 Å². The van der Waals surface area contributed by atoms with Crippen molar-refractivity contribution in [2.45, 2.75) is 96.5 Å². The topological polar surface area (TPSA) is 154 Å². The Hall–Kier alpha value is -7.02. The number of benzene rings is 2. The van der Waals surface area contributed by atoms with Crippen LogP contribution in [-0.2, 0) is 11.3 Å². The molecule has 0 atom stereocenters. The van der Waals surface area contributed by atoms with E-state index in [4.69, 9.17) is 0 Å². The van der Waals surface area contributed by atoms with Crippen LogP contribution in [0.3, 0.4) is 0 Å². The van der Waals surface area contributed by atoms with Crippen LogP contribution < -0.4 is 5.32 Å². The van der Waals surface area contributed by atoms with Crippen LogP contribution >= 0.6 is 0 Å². The summed E-state index contributed by atoms with van der Waals surface area (Å²) in [5.74, 6) is -1.51. The fourth-order valence-electron chi connectivity index (χ4n) is 7.30. The van der Waals surface area contributed by atoms with Crippen molar-refractivity contribution < 1.29 is 76.2 Å². The third kappa shape index (κ3) is 9.69. The number of pyridine rings is 2. The van der Waals surface area contributed by atoms with E-state index in [1.807, 2.05) is 0 Å². The molecule has 0 saturated heterocycles. The Labute approximate surface area is 380 Å². The monoisotopic (exact) mass is 991 g/mol. The van der Waals surface area contributed by atoms with Crippen LogP contribution in [0.5, 0.6) is 0 Å². The van der Waals surface area contributed by atoms with Gasteiger partial charge < -0.3 is 10.4 Å². The molecule has 1 amide bonds. The summed E-state index contributed by atoms with van der Waals surface area (Å²) in [6, 6.07) is 4.92. The van der Waals surface area contributed by atoms with E-state index in [1.165, 1.54) is 65.5 Å². The van der Waals surface area contributed by atoms with Crippen LogP contribution in [0.2, 0.25) is 0 Å². The summed E-state index contributed by atoms with van der Waals surface area (Å²) in [5, 5.41) is 27.7. The van der Waals surface area contributed by atoms with Crippen molar-refractivity contribution in [3.8, 4) is 33.9 Å². The molecule has 6 aromatic rings. The van der Waals surface area contributed by atoms with Crippen LogP contribution in [0.4, 0.5) is 61.5 Å². The van der Waals surface area contributed by atoms with Crippen LogP contribution in [0, 0.1) is 41.5 Å². The molecule has 0 bridgehead atoms. The zero-order chi connectivity index (χ0) is 51.6. The van der Waals surface area contributed by atoms with Gasteiger partial charge in [0.05, 0.1) is 46.3 Å². The first kappa shape index (κ1) is 51.4. The maximum Gasteiger partial charge on any atom is 0.435 e. The molecule has 7 rings (SSSR count). The Bertz CT molecular complexity index is 2880. The molecule has 2 N–H and O–H groups in total. The van der Waals surface area contributed by atoms with Gasteiger partial charge in [0, 0.05) is 40.7 Å². The molecule has 0 aliphatic heterocycles. The molecule has 1 saturated carbocycles. The van der Waals surface area contributed by atoms with Gasteiger partial charge in [-0.15, -0.1) is 10.2 Å². The molecule has 1 aliphatic rings. The van der Waals surface area contributed by atoms with Gasteiger partial charge in [-0.25, -0.2) is 22.9 Å². The number of aryl methyl sites for hydroxylation is 6. The molecule has 0 radical (unpaired) electrons. The van der Waals surface area contributed by atoms with E-state index in [1.54, 1.807) is 13.0 Å². The van der Waals surface area contributed by atoms with E-state index in [-0.39, 0.29) is 73.8 Å². The highest BCUT2D eigenvalue weighted by Gasteiger charge is 2.74. The number of halogens is 14. The number of hydrogen-bond acceptors (Lipinski definition) is 8. The molecular weight excluding hydrogens is 957 g/mol.